The molecule has 1 amide bonds. The van der Waals surface area contributed by atoms with E-state index in [0.29, 0.717) is 24.4 Å². The number of benzene rings is 1. The summed E-state index contributed by atoms with van der Waals surface area (Å²) < 4.78 is 5.32. The zero-order valence-corrected chi connectivity index (χ0v) is 10.8. The Morgan fingerprint density at radius 2 is 2.28 bits per heavy atom. The molecule has 0 radical (unpaired) electrons. The molecule has 1 atom stereocenters. The van der Waals surface area contributed by atoms with Crippen molar-refractivity contribution >= 4 is 11.6 Å². The molecule has 18 heavy (non-hydrogen) atoms. The van der Waals surface area contributed by atoms with E-state index in [1.807, 2.05) is 6.92 Å². The summed E-state index contributed by atoms with van der Waals surface area (Å²) in [7, 11) is 0. The van der Waals surface area contributed by atoms with Crippen LogP contribution in [0, 0.1) is 6.92 Å². The lowest BCUT2D eigenvalue weighted by Gasteiger charge is -2.14. The van der Waals surface area contributed by atoms with Crippen LogP contribution in [0.4, 0.5) is 5.69 Å². The maximum absolute atomic E-state index is 11.7. The van der Waals surface area contributed by atoms with E-state index in [2.05, 4.69) is 5.32 Å². The van der Waals surface area contributed by atoms with E-state index in [1.165, 1.54) is 0 Å². The van der Waals surface area contributed by atoms with Gasteiger partial charge in [0.15, 0.2) is 0 Å². The Labute approximate surface area is 107 Å². The molecular weight excluding hydrogens is 232 g/mol. The molecule has 0 saturated carbocycles. The zero-order chi connectivity index (χ0) is 13.5. The van der Waals surface area contributed by atoms with Gasteiger partial charge in [0.05, 0.1) is 12.5 Å². The van der Waals surface area contributed by atoms with Crippen molar-refractivity contribution in [3.63, 3.8) is 0 Å². The molecule has 100 valence electrons. The van der Waals surface area contributed by atoms with Crippen LogP contribution in [0.25, 0.3) is 0 Å². The molecule has 1 aromatic carbocycles. The summed E-state index contributed by atoms with van der Waals surface area (Å²) in [5, 5.41) is 12.1. The topological polar surface area (TPSA) is 84.6 Å². The second kappa shape index (κ2) is 6.98. The van der Waals surface area contributed by atoms with Gasteiger partial charge < -0.3 is 20.9 Å². The van der Waals surface area contributed by atoms with Crippen LogP contribution in [-0.4, -0.2) is 30.3 Å². The van der Waals surface area contributed by atoms with Crippen LogP contribution in [0.3, 0.4) is 0 Å². The number of anilines is 1. The first kappa shape index (κ1) is 14.5. The Hall–Kier alpha value is -1.59. The van der Waals surface area contributed by atoms with Crippen LogP contribution in [0.1, 0.15) is 18.9 Å². The molecule has 0 bridgehead atoms. The van der Waals surface area contributed by atoms with Gasteiger partial charge in [0, 0.05) is 18.8 Å². The van der Waals surface area contributed by atoms with Gasteiger partial charge in [-0.15, -0.1) is 0 Å². The van der Waals surface area contributed by atoms with E-state index < -0.39 is 0 Å². The molecule has 1 unspecified atom stereocenters. The Morgan fingerprint density at radius 1 is 1.56 bits per heavy atom. The summed E-state index contributed by atoms with van der Waals surface area (Å²) in [4.78, 5) is 11.7. The average Bonchev–Trinajstić information content (AvgIpc) is 2.33. The molecular formula is C13H20N2O3. The molecule has 0 aromatic heterocycles. The third kappa shape index (κ3) is 4.35. The minimum atomic E-state index is -0.256. The molecule has 0 heterocycles. The van der Waals surface area contributed by atoms with Crippen LogP contribution < -0.4 is 11.1 Å². The highest BCUT2D eigenvalue weighted by atomic mass is 16.5. The normalized spacial score (nSPS) is 12.2. The first-order chi connectivity index (χ1) is 8.56. The van der Waals surface area contributed by atoms with E-state index in [4.69, 9.17) is 10.5 Å². The van der Waals surface area contributed by atoms with Gasteiger partial charge in [0.2, 0.25) is 5.91 Å². The molecule has 0 spiro atoms. The molecule has 0 aliphatic carbocycles. The maximum atomic E-state index is 11.7. The van der Waals surface area contributed by atoms with Crippen molar-refractivity contribution in [1.82, 2.24) is 0 Å². The molecule has 5 heteroatoms. The number of aryl methyl sites for hydroxylation is 1. The third-order valence-corrected chi connectivity index (χ3v) is 2.56. The zero-order valence-electron chi connectivity index (χ0n) is 10.8. The summed E-state index contributed by atoms with van der Waals surface area (Å²) >= 11 is 0. The predicted octanol–water partition coefficient (Wildman–Crippen LogP) is 1.39. The molecule has 5 nitrogen and oxygen atoms in total. The number of carbonyl (C=O) groups is 1. The Kier molecular flexibility index (Phi) is 5.61. The maximum Gasteiger partial charge on any atom is 0.227 e. The summed E-state index contributed by atoms with van der Waals surface area (Å²) in [6.07, 6.45) is -0.0298. The smallest absolute Gasteiger partial charge is 0.227 e. The van der Waals surface area contributed by atoms with Crippen LogP contribution in [0.2, 0.25) is 0 Å². The number of ether oxygens (including phenoxy) is 1. The van der Waals surface area contributed by atoms with Gasteiger partial charge in [0.25, 0.3) is 0 Å². The SMILES string of the molecule is CCOC(CN)CC(=O)Nc1ccc(O)c(C)c1. The van der Waals surface area contributed by atoms with Gasteiger partial charge in [-0.1, -0.05) is 0 Å². The highest BCUT2D eigenvalue weighted by Crippen LogP contribution is 2.20. The largest absolute Gasteiger partial charge is 0.508 e. The predicted molar refractivity (Wildman–Crippen MR) is 70.6 cm³/mol. The highest BCUT2D eigenvalue weighted by molar-refractivity contribution is 5.91. The summed E-state index contributed by atoms with van der Waals surface area (Å²) in [5.41, 5.74) is 6.88. The Morgan fingerprint density at radius 3 is 2.83 bits per heavy atom. The van der Waals surface area contributed by atoms with Gasteiger partial charge in [-0.3, -0.25) is 4.79 Å². The van der Waals surface area contributed by atoms with Gasteiger partial charge in [-0.25, -0.2) is 0 Å². The van der Waals surface area contributed by atoms with Crippen molar-refractivity contribution in [2.75, 3.05) is 18.5 Å². The van der Waals surface area contributed by atoms with Crippen molar-refractivity contribution in [1.29, 1.82) is 0 Å². The summed E-state index contributed by atoms with van der Waals surface area (Å²) in [5.74, 6) is 0.0612. The second-order valence-corrected chi connectivity index (χ2v) is 4.07. The van der Waals surface area contributed by atoms with Gasteiger partial charge in [-0.2, -0.15) is 0 Å². The first-order valence-electron chi connectivity index (χ1n) is 5.98. The fraction of sp³-hybridized carbons (Fsp3) is 0.462. The number of amides is 1. The van der Waals surface area contributed by atoms with Gasteiger partial charge >= 0.3 is 0 Å². The van der Waals surface area contributed by atoms with Crippen molar-refractivity contribution in [2.24, 2.45) is 5.73 Å². The number of nitrogens with two attached hydrogens (primary N) is 1. The number of nitrogens with one attached hydrogen (secondary N) is 1. The monoisotopic (exact) mass is 252 g/mol. The minimum Gasteiger partial charge on any atom is -0.508 e. The summed E-state index contributed by atoms with van der Waals surface area (Å²) in [6.45, 7) is 4.49. The van der Waals surface area contributed by atoms with Crippen LogP contribution in [-0.2, 0) is 9.53 Å². The number of rotatable bonds is 6. The number of phenols is 1. The van der Waals surface area contributed by atoms with Crippen LogP contribution >= 0.6 is 0 Å². The molecule has 0 aliphatic rings. The number of phenolic OH excluding ortho intramolecular Hbond substituents is 1. The molecule has 1 rings (SSSR count). The molecule has 4 N–H and O–H groups in total. The number of carbonyl (C=O) groups excluding carboxylic acids is 1. The lowest BCUT2D eigenvalue weighted by Crippen LogP contribution is -2.29. The van der Waals surface area contributed by atoms with E-state index >= 15 is 0 Å². The number of hydrogen-bond donors (Lipinski definition) is 3. The fourth-order valence-corrected chi connectivity index (χ4v) is 1.60. The van der Waals surface area contributed by atoms with Gasteiger partial charge in [-0.05, 0) is 37.6 Å². The Bertz CT molecular complexity index is 407. The third-order valence-electron chi connectivity index (χ3n) is 2.56. The van der Waals surface area contributed by atoms with E-state index in [-0.39, 0.29) is 24.2 Å². The van der Waals surface area contributed by atoms with Crippen LogP contribution in [0.5, 0.6) is 5.75 Å². The van der Waals surface area contributed by atoms with Crippen molar-refractivity contribution in [3.05, 3.63) is 23.8 Å². The molecule has 0 aliphatic heterocycles. The molecule has 0 saturated heterocycles. The standard InChI is InChI=1S/C13H20N2O3/c1-3-18-11(8-14)7-13(17)15-10-4-5-12(16)9(2)6-10/h4-6,11,16H,3,7-8,14H2,1-2H3,(H,15,17). The fourth-order valence-electron chi connectivity index (χ4n) is 1.60. The minimum absolute atomic E-state index is 0.149. The number of hydrogen-bond acceptors (Lipinski definition) is 4. The molecule has 0 fully saturated rings. The first-order valence-corrected chi connectivity index (χ1v) is 5.98. The van der Waals surface area contributed by atoms with Gasteiger partial charge in [0.1, 0.15) is 5.75 Å². The van der Waals surface area contributed by atoms with Crippen molar-refractivity contribution in [2.45, 2.75) is 26.4 Å². The average molecular weight is 252 g/mol. The van der Waals surface area contributed by atoms with Crippen molar-refractivity contribution < 1.29 is 14.6 Å². The number of aromatic hydroxyl groups is 1. The highest BCUT2D eigenvalue weighted by Gasteiger charge is 2.12. The summed E-state index contributed by atoms with van der Waals surface area (Å²) in [6, 6.07) is 4.91. The van der Waals surface area contributed by atoms with Crippen LogP contribution in [0.15, 0.2) is 18.2 Å². The Balaban J connectivity index is 2.55. The quantitative estimate of drug-likeness (QED) is 0.668. The van der Waals surface area contributed by atoms with E-state index in [9.17, 15) is 9.90 Å². The lowest BCUT2D eigenvalue weighted by atomic mass is 10.2. The molecule has 1 aromatic rings. The lowest BCUT2D eigenvalue weighted by molar-refractivity contribution is -0.118. The van der Waals surface area contributed by atoms with Crippen molar-refractivity contribution in [3.8, 4) is 5.75 Å². The second-order valence-electron chi connectivity index (χ2n) is 4.07. The van der Waals surface area contributed by atoms with E-state index in [1.54, 1.807) is 25.1 Å². The van der Waals surface area contributed by atoms with E-state index in [0.717, 1.165) is 0 Å².